The summed E-state index contributed by atoms with van der Waals surface area (Å²) in [4.78, 5) is 16.4. The number of imidazole rings is 1. The summed E-state index contributed by atoms with van der Waals surface area (Å²) in [6.45, 7) is 5.07. The first-order valence-corrected chi connectivity index (χ1v) is 9.11. The average molecular weight is 362 g/mol. The summed E-state index contributed by atoms with van der Waals surface area (Å²) < 4.78 is 0. The number of fused-ring (bicyclic) bond motifs is 1. The second kappa shape index (κ2) is 8.49. The average Bonchev–Trinajstić information content (AvgIpc) is 3.07. The molecule has 0 aliphatic rings. The molecule has 0 amide bonds. The lowest BCUT2D eigenvalue weighted by molar-refractivity contribution is 0.627. The van der Waals surface area contributed by atoms with E-state index in [9.17, 15) is 0 Å². The van der Waals surface area contributed by atoms with Gasteiger partial charge in [0.1, 0.15) is 11.3 Å². The van der Waals surface area contributed by atoms with Crippen molar-refractivity contribution in [1.29, 1.82) is 0 Å². The van der Waals surface area contributed by atoms with Crippen LogP contribution in [-0.4, -0.2) is 28.2 Å². The number of benzene rings is 1. The molecule has 6 heteroatoms. The fraction of sp³-hybridized carbons (Fsp3) is 0.286. The second-order valence-electron chi connectivity index (χ2n) is 6.90. The van der Waals surface area contributed by atoms with Crippen LogP contribution in [0.3, 0.4) is 0 Å². The van der Waals surface area contributed by atoms with Crippen molar-refractivity contribution in [3.63, 3.8) is 0 Å². The summed E-state index contributed by atoms with van der Waals surface area (Å²) in [6, 6.07) is 10.3. The third-order valence-electron chi connectivity index (χ3n) is 4.26. The summed E-state index contributed by atoms with van der Waals surface area (Å²) >= 11 is 0. The van der Waals surface area contributed by atoms with Crippen LogP contribution in [0, 0.1) is 5.92 Å². The Balaban J connectivity index is 1.74. The monoisotopic (exact) mass is 362 g/mol. The highest BCUT2D eigenvalue weighted by atomic mass is 15.0. The number of hydrogen-bond acceptors (Lipinski definition) is 5. The molecule has 6 nitrogen and oxygen atoms in total. The molecule has 0 spiro atoms. The molecule has 3 rings (SSSR count). The van der Waals surface area contributed by atoms with Crippen molar-refractivity contribution in [3.05, 3.63) is 59.7 Å². The van der Waals surface area contributed by atoms with Crippen molar-refractivity contribution in [3.8, 4) is 0 Å². The maximum absolute atomic E-state index is 5.67. The predicted octanol–water partition coefficient (Wildman–Crippen LogP) is 3.77. The van der Waals surface area contributed by atoms with Gasteiger partial charge in [-0.2, -0.15) is 0 Å². The minimum atomic E-state index is 0.547. The van der Waals surface area contributed by atoms with E-state index in [1.54, 1.807) is 25.7 Å². The maximum atomic E-state index is 5.67. The van der Waals surface area contributed by atoms with Gasteiger partial charge < -0.3 is 16.0 Å². The normalized spacial score (nSPS) is 12.4. The van der Waals surface area contributed by atoms with Crippen molar-refractivity contribution in [2.24, 2.45) is 16.6 Å². The van der Waals surface area contributed by atoms with E-state index in [0.717, 1.165) is 40.2 Å². The van der Waals surface area contributed by atoms with Gasteiger partial charge >= 0.3 is 0 Å². The lowest BCUT2D eigenvalue weighted by atomic mass is 10.1. The Morgan fingerprint density at radius 1 is 1.26 bits per heavy atom. The number of nitrogens with two attached hydrogens (primary N) is 1. The number of hydrogen-bond donors (Lipinski definition) is 3. The molecular formula is C21H26N6. The number of rotatable bonds is 7. The molecule has 0 saturated carbocycles. The number of nitrogens with one attached hydrogen (secondary N) is 2. The first kappa shape index (κ1) is 18.6. The van der Waals surface area contributed by atoms with Crippen LogP contribution in [0.15, 0.2) is 47.7 Å². The van der Waals surface area contributed by atoms with E-state index in [-0.39, 0.29) is 0 Å². The Bertz CT molecular complexity index is 950. The van der Waals surface area contributed by atoms with Crippen LogP contribution in [0.25, 0.3) is 16.7 Å². The molecular weight excluding hydrogens is 336 g/mol. The Kier molecular flexibility index (Phi) is 5.86. The van der Waals surface area contributed by atoms with Gasteiger partial charge in [0.2, 0.25) is 0 Å². The third-order valence-corrected chi connectivity index (χ3v) is 4.26. The van der Waals surface area contributed by atoms with Crippen molar-refractivity contribution >= 4 is 28.6 Å². The first-order chi connectivity index (χ1) is 13.1. The summed E-state index contributed by atoms with van der Waals surface area (Å²) in [5.74, 6) is 1.52. The van der Waals surface area contributed by atoms with Gasteiger partial charge in [0.05, 0.1) is 5.69 Å². The molecule has 0 saturated heterocycles. The molecule has 0 fully saturated rings. The van der Waals surface area contributed by atoms with Gasteiger partial charge in [-0.25, -0.2) is 9.97 Å². The lowest BCUT2D eigenvalue weighted by Gasteiger charge is -2.08. The minimum absolute atomic E-state index is 0.547. The second-order valence-corrected chi connectivity index (χ2v) is 6.90. The van der Waals surface area contributed by atoms with E-state index < -0.39 is 0 Å². The molecule has 0 bridgehead atoms. The van der Waals surface area contributed by atoms with Gasteiger partial charge in [0.15, 0.2) is 5.65 Å². The number of aromatic amines is 1. The zero-order valence-electron chi connectivity index (χ0n) is 16.0. The Labute approximate surface area is 159 Å². The molecule has 0 atom stereocenters. The van der Waals surface area contributed by atoms with Crippen LogP contribution in [-0.2, 0) is 13.0 Å². The molecule has 3 aromatic rings. The van der Waals surface area contributed by atoms with E-state index in [1.165, 1.54) is 5.56 Å². The molecule has 2 aromatic heterocycles. The largest absolute Gasteiger partial charge is 0.404 e. The zero-order chi connectivity index (χ0) is 19.2. The Hall–Kier alpha value is -3.15. The number of aliphatic imine (C=N–C) groups is 1. The van der Waals surface area contributed by atoms with Crippen LogP contribution in [0.4, 0.5) is 5.69 Å². The van der Waals surface area contributed by atoms with E-state index >= 15 is 0 Å². The zero-order valence-corrected chi connectivity index (χ0v) is 16.0. The molecule has 0 unspecified atom stereocenters. The molecule has 27 heavy (non-hydrogen) atoms. The van der Waals surface area contributed by atoms with Crippen molar-refractivity contribution < 1.29 is 0 Å². The number of pyridine rings is 1. The van der Waals surface area contributed by atoms with Gasteiger partial charge in [0, 0.05) is 44.2 Å². The SMILES string of the molecule is CN=C/C(=C\N)c1ccc(CNc2ccnc3nc(CC(C)C)[nH]c23)cc1. The van der Waals surface area contributed by atoms with E-state index in [4.69, 9.17) is 5.73 Å². The van der Waals surface area contributed by atoms with Crippen LogP contribution in [0.2, 0.25) is 0 Å². The number of allylic oxidation sites excluding steroid dienone is 1. The summed E-state index contributed by atoms with van der Waals surface area (Å²) in [5, 5.41) is 3.48. The van der Waals surface area contributed by atoms with E-state index in [2.05, 4.69) is 63.4 Å². The molecule has 0 radical (unpaired) electrons. The first-order valence-electron chi connectivity index (χ1n) is 9.11. The number of nitrogens with zero attached hydrogens (tertiary/aromatic N) is 3. The number of anilines is 1. The standard InChI is InChI=1S/C21H26N6/c1-14(2)10-19-26-20-18(8-9-24-21(20)27-19)25-12-15-4-6-16(7-5-15)17(11-22)13-23-3/h4-9,11,13-14H,10,12,22H2,1-3H3,(H2,24,25,26,27)/b17-11+,23-13?. The molecule has 0 aliphatic carbocycles. The third kappa shape index (κ3) is 4.53. The smallest absolute Gasteiger partial charge is 0.179 e. The van der Waals surface area contributed by atoms with Crippen molar-refractivity contribution in [2.45, 2.75) is 26.8 Å². The van der Waals surface area contributed by atoms with Crippen molar-refractivity contribution in [1.82, 2.24) is 15.0 Å². The summed E-state index contributed by atoms with van der Waals surface area (Å²) in [7, 11) is 1.74. The highest BCUT2D eigenvalue weighted by Crippen LogP contribution is 2.21. The van der Waals surface area contributed by atoms with Crippen molar-refractivity contribution in [2.75, 3.05) is 12.4 Å². The Morgan fingerprint density at radius 2 is 2.04 bits per heavy atom. The van der Waals surface area contributed by atoms with Crippen LogP contribution in [0.5, 0.6) is 0 Å². The maximum Gasteiger partial charge on any atom is 0.179 e. The molecule has 140 valence electrons. The quantitative estimate of drug-likeness (QED) is 0.558. The fourth-order valence-corrected chi connectivity index (χ4v) is 2.95. The minimum Gasteiger partial charge on any atom is -0.404 e. The molecule has 2 heterocycles. The lowest BCUT2D eigenvalue weighted by Crippen LogP contribution is -2.01. The van der Waals surface area contributed by atoms with Gasteiger partial charge in [0.25, 0.3) is 0 Å². The predicted molar refractivity (Wildman–Crippen MR) is 113 cm³/mol. The molecule has 4 N–H and O–H groups in total. The van der Waals surface area contributed by atoms with E-state index in [0.29, 0.717) is 12.5 Å². The molecule has 0 aliphatic heterocycles. The van der Waals surface area contributed by atoms with Crippen LogP contribution in [0.1, 0.15) is 30.8 Å². The van der Waals surface area contributed by atoms with Gasteiger partial charge in [-0.3, -0.25) is 4.99 Å². The fourth-order valence-electron chi connectivity index (χ4n) is 2.95. The number of aromatic nitrogens is 3. The van der Waals surface area contributed by atoms with Gasteiger partial charge in [-0.05, 0) is 23.1 Å². The molecule has 1 aromatic carbocycles. The van der Waals surface area contributed by atoms with E-state index in [1.807, 2.05) is 6.07 Å². The summed E-state index contributed by atoms with van der Waals surface area (Å²) in [5.41, 5.74) is 11.5. The van der Waals surface area contributed by atoms with Gasteiger partial charge in [-0.1, -0.05) is 38.1 Å². The number of H-pyrrole nitrogens is 1. The highest BCUT2D eigenvalue weighted by Gasteiger charge is 2.09. The topological polar surface area (TPSA) is 92.0 Å². The van der Waals surface area contributed by atoms with Crippen LogP contribution < -0.4 is 11.1 Å². The highest BCUT2D eigenvalue weighted by molar-refractivity contribution is 6.09. The van der Waals surface area contributed by atoms with Gasteiger partial charge in [-0.15, -0.1) is 0 Å². The van der Waals surface area contributed by atoms with Crippen LogP contribution >= 0.6 is 0 Å². The Morgan fingerprint density at radius 3 is 2.70 bits per heavy atom. The summed E-state index contributed by atoms with van der Waals surface area (Å²) in [6.07, 6.45) is 6.03.